The average molecular weight is 178 g/mol. The average Bonchev–Trinajstić information content (AvgIpc) is 2.20. The Labute approximate surface area is 76.3 Å². The second-order valence-corrected chi connectivity index (χ2v) is 2.83. The summed E-state index contributed by atoms with van der Waals surface area (Å²) in [4.78, 5) is 11.2. The molecule has 1 fully saturated rings. The van der Waals surface area contributed by atoms with Gasteiger partial charge in [-0.25, -0.2) is 4.79 Å². The maximum absolute atomic E-state index is 11.2. The number of hydrogen-bond acceptors (Lipinski definition) is 3. The monoisotopic (exact) mass is 178 g/mol. The summed E-state index contributed by atoms with van der Waals surface area (Å²) >= 11 is 0. The van der Waals surface area contributed by atoms with E-state index in [-0.39, 0.29) is 5.97 Å². The van der Waals surface area contributed by atoms with Crippen molar-refractivity contribution in [2.75, 3.05) is 13.2 Å². The molecule has 1 heterocycles. The van der Waals surface area contributed by atoms with Gasteiger partial charge in [0, 0.05) is 0 Å². The molecule has 1 atom stereocenters. The molecule has 0 aliphatic carbocycles. The fraction of sp³-hybridized carbons (Fsp3) is 0.300. The number of hydrogen-bond donors (Lipinski definition) is 0. The van der Waals surface area contributed by atoms with Crippen LogP contribution in [0.3, 0.4) is 0 Å². The number of esters is 1. The molecule has 2 rings (SSSR count). The minimum absolute atomic E-state index is 0.294. The zero-order valence-corrected chi connectivity index (χ0v) is 7.10. The minimum Gasteiger partial charge on any atom is -0.461 e. The Bertz CT molecular complexity index is 294. The van der Waals surface area contributed by atoms with Crippen LogP contribution in [0, 0.1) is 0 Å². The maximum Gasteiger partial charge on any atom is 0.340 e. The van der Waals surface area contributed by atoms with Crippen LogP contribution in [0.1, 0.15) is 11.7 Å². The van der Waals surface area contributed by atoms with Crippen LogP contribution in [0.15, 0.2) is 30.3 Å². The molecule has 1 aliphatic rings. The molecule has 0 spiro atoms. The molecule has 0 N–H and O–H groups in total. The van der Waals surface area contributed by atoms with Crippen LogP contribution in [0.5, 0.6) is 0 Å². The van der Waals surface area contributed by atoms with Gasteiger partial charge in [-0.15, -0.1) is 0 Å². The number of ether oxygens (including phenoxy) is 2. The molecular formula is C10H10O3. The standard InChI is InChI=1S/C10H10O3/c11-10-9(12-6-7-13-10)8-4-2-1-3-5-8/h1-5,9H,6-7H2. The van der Waals surface area contributed by atoms with Crippen LogP contribution >= 0.6 is 0 Å². The summed E-state index contributed by atoms with van der Waals surface area (Å²) in [5.41, 5.74) is 0.854. The maximum atomic E-state index is 11.2. The first kappa shape index (κ1) is 8.26. The summed E-state index contributed by atoms with van der Waals surface area (Å²) in [5.74, 6) is -0.294. The van der Waals surface area contributed by atoms with Gasteiger partial charge in [-0.05, 0) is 5.56 Å². The predicted molar refractivity (Wildman–Crippen MR) is 46.1 cm³/mol. The van der Waals surface area contributed by atoms with E-state index in [0.29, 0.717) is 13.2 Å². The van der Waals surface area contributed by atoms with Crippen molar-refractivity contribution in [1.29, 1.82) is 0 Å². The van der Waals surface area contributed by atoms with Gasteiger partial charge in [0.05, 0.1) is 6.61 Å². The van der Waals surface area contributed by atoms with Gasteiger partial charge >= 0.3 is 5.97 Å². The third kappa shape index (κ3) is 1.70. The Balaban J connectivity index is 2.20. The van der Waals surface area contributed by atoms with E-state index in [1.165, 1.54) is 0 Å². The minimum atomic E-state index is -0.532. The van der Waals surface area contributed by atoms with E-state index in [9.17, 15) is 4.79 Å². The van der Waals surface area contributed by atoms with Crippen molar-refractivity contribution >= 4 is 5.97 Å². The van der Waals surface area contributed by atoms with Gasteiger partial charge in [-0.1, -0.05) is 30.3 Å². The van der Waals surface area contributed by atoms with Gasteiger partial charge < -0.3 is 9.47 Å². The highest BCUT2D eigenvalue weighted by atomic mass is 16.6. The molecule has 1 unspecified atom stereocenters. The Morgan fingerprint density at radius 3 is 2.62 bits per heavy atom. The molecule has 0 saturated carbocycles. The Kier molecular flexibility index (Phi) is 2.27. The summed E-state index contributed by atoms with van der Waals surface area (Å²) < 4.78 is 10.2. The van der Waals surface area contributed by atoms with Gasteiger partial charge in [0.1, 0.15) is 6.61 Å². The van der Waals surface area contributed by atoms with Gasteiger partial charge in [0.15, 0.2) is 6.10 Å². The highest BCUT2D eigenvalue weighted by Crippen LogP contribution is 2.21. The van der Waals surface area contributed by atoms with Crippen LogP contribution in [-0.4, -0.2) is 19.2 Å². The number of rotatable bonds is 1. The van der Waals surface area contributed by atoms with Crippen molar-refractivity contribution < 1.29 is 14.3 Å². The summed E-state index contributed by atoms with van der Waals surface area (Å²) in [6.07, 6.45) is -0.532. The van der Waals surface area contributed by atoms with E-state index in [1.54, 1.807) is 0 Å². The van der Waals surface area contributed by atoms with Gasteiger partial charge in [-0.2, -0.15) is 0 Å². The lowest BCUT2D eigenvalue weighted by Gasteiger charge is -2.21. The van der Waals surface area contributed by atoms with E-state index in [1.807, 2.05) is 30.3 Å². The molecule has 1 aromatic rings. The van der Waals surface area contributed by atoms with E-state index in [0.717, 1.165) is 5.56 Å². The quantitative estimate of drug-likeness (QED) is 0.608. The summed E-state index contributed by atoms with van der Waals surface area (Å²) in [5, 5.41) is 0. The SMILES string of the molecule is O=C1OCCOC1c1ccccc1. The molecule has 0 radical (unpaired) electrons. The molecule has 0 aromatic heterocycles. The van der Waals surface area contributed by atoms with Crippen LogP contribution in [0.4, 0.5) is 0 Å². The molecule has 1 aromatic carbocycles. The largest absolute Gasteiger partial charge is 0.461 e. The van der Waals surface area contributed by atoms with Crippen molar-refractivity contribution in [2.24, 2.45) is 0 Å². The molecule has 1 aliphatic heterocycles. The molecule has 0 amide bonds. The number of carbonyl (C=O) groups excluding carboxylic acids is 1. The Hall–Kier alpha value is -1.35. The van der Waals surface area contributed by atoms with E-state index >= 15 is 0 Å². The lowest BCUT2D eigenvalue weighted by Crippen LogP contribution is -2.27. The number of benzene rings is 1. The first-order valence-corrected chi connectivity index (χ1v) is 4.21. The normalized spacial score (nSPS) is 22.5. The zero-order chi connectivity index (χ0) is 9.10. The fourth-order valence-corrected chi connectivity index (χ4v) is 1.31. The molecule has 3 nitrogen and oxygen atoms in total. The van der Waals surface area contributed by atoms with Crippen LogP contribution < -0.4 is 0 Å². The summed E-state index contributed by atoms with van der Waals surface area (Å²) in [6, 6.07) is 9.37. The lowest BCUT2D eigenvalue weighted by molar-refractivity contribution is -0.171. The number of cyclic esters (lactones) is 1. The molecule has 13 heavy (non-hydrogen) atoms. The third-order valence-corrected chi connectivity index (χ3v) is 1.93. The first-order chi connectivity index (χ1) is 6.38. The molecular weight excluding hydrogens is 168 g/mol. The van der Waals surface area contributed by atoms with Crippen molar-refractivity contribution in [1.82, 2.24) is 0 Å². The Morgan fingerprint density at radius 1 is 1.15 bits per heavy atom. The predicted octanol–water partition coefficient (Wildman–Crippen LogP) is 1.30. The second kappa shape index (κ2) is 3.58. The van der Waals surface area contributed by atoms with Crippen LogP contribution in [-0.2, 0) is 14.3 Å². The van der Waals surface area contributed by atoms with E-state index in [2.05, 4.69) is 0 Å². The molecule has 68 valence electrons. The highest BCUT2D eigenvalue weighted by Gasteiger charge is 2.26. The second-order valence-electron chi connectivity index (χ2n) is 2.83. The topological polar surface area (TPSA) is 35.5 Å². The zero-order valence-electron chi connectivity index (χ0n) is 7.10. The van der Waals surface area contributed by atoms with Crippen LogP contribution in [0.2, 0.25) is 0 Å². The van der Waals surface area contributed by atoms with Crippen molar-refractivity contribution in [3.8, 4) is 0 Å². The van der Waals surface area contributed by atoms with Crippen molar-refractivity contribution in [3.05, 3.63) is 35.9 Å². The van der Waals surface area contributed by atoms with Gasteiger partial charge in [0.25, 0.3) is 0 Å². The van der Waals surface area contributed by atoms with Crippen molar-refractivity contribution in [3.63, 3.8) is 0 Å². The van der Waals surface area contributed by atoms with Gasteiger partial charge in [0.2, 0.25) is 0 Å². The molecule has 0 bridgehead atoms. The van der Waals surface area contributed by atoms with E-state index < -0.39 is 6.10 Å². The lowest BCUT2D eigenvalue weighted by atomic mass is 10.1. The molecule has 1 saturated heterocycles. The summed E-state index contributed by atoms with van der Waals surface area (Å²) in [7, 11) is 0. The fourth-order valence-electron chi connectivity index (χ4n) is 1.31. The first-order valence-electron chi connectivity index (χ1n) is 4.21. The Morgan fingerprint density at radius 2 is 1.92 bits per heavy atom. The van der Waals surface area contributed by atoms with Crippen molar-refractivity contribution in [2.45, 2.75) is 6.10 Å². The van der Waals surface area contributed by atoms with Crippen LogP contribution in [0.25, 0.3) is 0 Å². The van der Waals surface area contributed by atoms with Gasteiger partial charge in [-0.3, -0.25) is 0 Å². The summed E-state index contributed by atoms with van der Waals surface area (Å²) in [6.45, 7) is 0.841. The molecule has 3 heteroatoms. The highest BCUT2D eigenvalue weighted by molar-refractivity contribution is 5.77. The number of carbonyl (C=O) groups is 1. The third-order valence-electron chi connectivity index (χ3n) is 1.93. The van der Waals surface area contributed by atoms with E-state index in [4.69, 9.17) is 9.47 Å². The smallest absolute Gasteiger partial charge is 0.340 e.